The van der Waals surface area contributed by atoms with Crippen LogP contribution in [0.2, 0.25) is 0 Å². The van der Waals surface area contributed by atoms with E-state index in [9.17, 15) is 13.6 Å². The van der Waals surface area contributed by atoms with Crippen molar-refractivity contribution in [3.63, 3.8) is 0 Å². The predicted molar refractivity (Wildman–Crippen MR) is 45.3 cm³/mol. The van der Waals surface area contributed by atoms with Crippen LogP contribution >= 0.6 is 0 Å². The van der Waals surface area contributed by atoms with Crippen LogP contribution in [0, 0.1) is 6.92 Å². The van der Waals surface area contributed by atoms with Gasteiger partial charge in [-0.25, -0.2) is 8.78 Å². The Hall–Kier alpha value is -1.52. The summed E-state index contributed by atoms with van der Waals surface area (Å²) in [5, 5.41) is 8.49. The standard InChI is InChI=1S/C9H9F2NO2/c1-5-6(9(10)11)2-3-12-7(5)4-8(13)14/h2-3,9H,4H2,1H3,(H,13,14). The Morgan fingerprint density at radius 3 is 2.79 bits per heavy atom. The molecule has 0 atom stereocenters. The molecule has 0 aliphatic heterocycles. The van der Waals surface area contributed by atoms with Crippen molar-refractivity contribution in [3.8, 4) is 0 Å². The van der Waals surface area contributed by atoms with Gasteiger partial charge in [-0.3, -0.25) is 9.78 Å². The first kappa shape index (κ1) is 10.6. The summed E-state index contributed by atoms with van der Waals surface area (Å²) in [6.07, 6.45) is -1.72. The minimum absolute atomic E-state index is 0.156. The molecule has 0 aromatic carbocycles. The second-order valence-electron chi connectivity index (χ2n) is 2.84. The summed E-state index contributed by atoms with van der Waals surface area (Å²) in [5.74, 6) is -1.08. The molecule has 0 spiro atoms. The Morgan fingerprint density at radius 1 is 1.64 bits per heavy atom. The van der Waals surface area contributed by atoms with Crippen LogP contribution in [0.5, 0.6) is 0 Å². The van der Waals surface area contributed by atoms with Gasteiger partial charge >= 0.3 is 5.97 Å². The van der Waals surface area contributed by atoms with E-state index in [1.54, 1.807) is 0 Å². The molecule has 0 saturated heterocycles. The maximum atomic E-state index is 12.4. The molecule has 0 amide bonds. The van der Waals surface area contributed by atoms with Crippen molar-refractivity contribution < 1.29 is 18.7 Å². The number of halogens is 2. The van der Waals surface area contributed by atoms with E-state index in [4.69, 9.17) is 5.11 Å². The molecule has 0 saturated carbocycles. The van der Waals surface area contributed by atoms with Gasteiger partial charge in [0.05, 0.1) is 12.1 Å². The second-order valence-corrected chi connectivity index (χ2v) is 2.84. The number of carboxylic acids is 1. The number of carboxylic acid groups (broad SMARTS) is 1. The number of aromatic nitrogens is 1. The topological polar surface area (TPSA) is 50.2 Å². The largest absolute Gasteiger partial charge is 0.481 e. The Balaban J connectivity index is 3.07. The van der Waals surface area contributed by atoms with Crippen molar-refractivity contribution in [2.24, 2.45) is 0 Å². The van der Waals surface area contributed by atoms with Crippen LogP contribution in [0.4, 0.5) is 8.78 Å². The van der Waals surface area contributed by atoms with Crippen LogP contribution in [0.15, 0.2) is 12.3 Å². The van der Waals surface area contributed by atoms with Crippen molar-refractivity contribution in [1.82, 2.24) is 4.98 Å². The summed E-state index contributed by atoms with van der Waals surface area (Å²) in [4.78, 5) is 14.1. The van der Waals surface area contributed by atoms with E-state index >= 15 is 0 Å². The predicted octanol–water partition coefficient (Wildman–Crippen LogP) is 1.95. The molecule has 0 aliphatic carbocycles. The maximum absolute atomic E-state index is 12.4. The van der Waals surface area contributed by atoms with E-state index < -0.39 is 12.4 Å². The molecule has 5 heteroatoms. The van der Waals surface area contributed by atoms with Crippen molar-refractivity contribution in [1.29, 1.82) is 0 Å². The average Bonchev–Trinajstić information content (AvgIpc) is 2.07. The summed E-state index contributed by atoms with van der Waals surface area (Å²) in [7, 11) is 0. The fraction of sp³-hybridized carbons (Fsp3) is 0.333. The van der Waals surface area contributed by atoms with Gasteiger partial charge in [-0.05, 0) is 18.6 Å². The number of aliphatic carboxylic acids is 1. The molecule has 76 valence electrons. The molecule has 1 aromatic rings. The van der Waals surface area contributed by atoms with Crippen LogP contribution in [-0.2, 0) is 11.2 Å². The fourth-order valence-electron chi connectivity index (χ4n) is 1.15. The van der Waals surface area contributed by atoms with Crippen LogP contribution in [0.25, 0.3) is 0 Å². The molecule has 0 aliphatic rings. The third-order valence-electron chi connectivity index (χ3n) is 1.90. The summed E-state index contributed by atoms with van der Waals surface area (Å²) in [6, 6.07) is 1.20. The van der Waals surface area contributed by atoms with Gasteiger partial charge in [0.1, 0.15) is 0 Å². The number of rotatable bonds is 3. The van der Waals surface area contributed by atoms with Gasteiger partial charge in [-0.2, -0.15) is 0 Å². The normalized spacial score (nSPS) is 10.6. The highest BCUT2D eigenvalue weighted by atomic mass is 19.3. The SMILES string of the molecule is Cc1c(C(F)F)ccnc1CC(=O)O. The third kappa shape index (κ3) is 2.25. The lowest BCUT2D eigenvalue weighted by atomic mass is 10.1. The van der Waals surface area contributed by atoms with E-state index in [1.165, 1.54) is 19.2 Å². The lowest BCUT2D eigenvalue weighted by molar-refractivity contribution is -0.136. The molecule has 14 heavy (non-hydrogen) atoms. The van der Waals surface area contributed by atoms with Crippen molar-refractivity contribution in [2.45, 2.75) is 19.8 Å². The minimum atomic E-state index is -2.59. The second kappa shape index (κ2) is 4.13. The van der Waals surface area contributed by atoms with Gasteiger partial charge in [-0.15, -0.1) is 0 Å². The molecule has 0 bridgehead atoms. The van der Waals surface area contributed by atoms with Gasteiger partial charge in [0.25, 0.3) is 6.43 Å². The zero-order valence-electron chi connectivity index (χ0n) is 7.50. The summed E-state index contributed by atoms with van der Waals surface area (Å²) in [5.41, 5.74) is 0.288. The van der Waals surface area contributed by atoms with Crippen molar-refractivity contribution in [2.75, 3.05) is 0 Å². The zero-order chi connectivity index (χ0) is 10.7. The molecular formula is C9H9F2NO2. The quantitative estimate of drug-likeness (QED) is 0.813. The van der Waals surface area contributed by atoms with Gasteiger partial charge in [0.2, 0.25) is 0 Å². The molecule has 1 heterocycles. The van der Waals surface area contributed by atoms with Crippen LogP contribution in [0.3, 0.4) is 0 Å². The van der Waals surface area contributed by atoms with Gasteiger partial charge in [-0.1, -0.05) is 0 Å². The van der Waals surface area contributed by atoms with E-state index in [0.29, 0.717) is 0 Å². The molecule has 1 aromatic heterocycles. The first-order valence-electron chi connectivity index (χ1n) is 3.96. The van der Waals surface area contributed by atoms with Gasteiger partial charge < -0.3 is 5.11 Å². The summed E-state index contributed by atoms with van der Waals surface area (Å²) < 4.78 is 24.7. The van der Waals surface area contributed by atoms with E-state index in [2.05, 4.69) is 4.98 Å². The molecule has 0 unspecified atom stereocenters. The Labute approximate surface area is 79.4 Å². The maximum Gasteiger partial charge on any atom is 0.309 e. The highest BCUT2D eigenvalue weighted by molar-refractivity contribution is 5.70. The number of alkyl halides is 2. The van der Waals surface area contributed by atoms with Crippen LogP contribution < -0.4 is 0 Å². The highest BCUT2D eigenvalue weighted by Gasteiger charge is 2.14. The molecule has 1 rings (SSSR count). The van der Waals surface area contributed by atoms with E-state index in [-0.39, 0.29) is 23.2 Å². The number of hydrogen-bond acceptors (Lipinski definition) is 2. The fourth-order valence-corrected chi connectivity index (χ4v) is 1.15. The summed E-state index contributed by atoms with van der Waals surface area (Å²) in [6.45, 7) is 1.45. The zero-order valence-corrected chi connectivity index (χ0v) is 7.50. The smallest absolute Gasteiger partial charge is 0.309 e. The number of nitrogens with zero attached hydrogens (tertiary/aromatic N) is 1. The van der Waals surface area contributed by atoms with E-state index in [1.807, 2.05) is 0 Å². The van der Waals surface area contributed by atoms with Crippen LogP contribution in [0.1, 0.15) is 23.2 Å². The highest BCUT2D eigenvalue weighted by Crippen LogP contribution is 2.23. The van der Waals surface area contributed by atoms with Crippen molar-refractivity contribution in [3.05, 3.63) is 29.1 Å². The Morgan fingerprint density at radius 2 is 2.29 bits per heavy atom. The Bertz CT molecular complexity index is 353. The Kier molecular flexibility index (Phi) is 3.11. The monoisotopic (exact) mass is 201 g/mol. The first-order valence-corrected chi connectivity index (χ1v) is 3.96. The summed E-state index contributed by atoms with van der Waals surface area (Å²) >= 11 is 0. The molecule has 3 nitrogen and oxygen atoms in total. The molecule has 0 radical (unpaired) electrons. The molecular weight excluding hydrogens is 192 g/mol. The number of pyridine rings is 1. The van der Waals surface area contributed by atoms with E-state index in [0.717, 1.165) is 0 Å². The minimum Gasteiger partial charge on any atom is -0.481 e. The first-order chi connectivity index (χ1) is 6.52. The lowest BCUT2D eigenvalue weighted by Gasteiger charge is -2.07. The van der Waals surface area contributed by atoms with Gasteiger partial charge in [0.15, 0.2) is 0 Å². The average molecular weight is 201 g/mol. The molecule has 1 N–H and O–H groups in total. The van der Waals surface area contributed by atoms with Gasteiger partial charge in [0, 0.05) is 11.8 Å². The third-order valence-corrected chi connectivity index (χ3v) is 1.90. The van der Waals surface area contributed by atoms with Crippen molar-refractivity contribution >= 4 is 5.97 Å². The van der Waals surface area contributed by atoms with Crippen LogP contribution in [-0.4, -0.2) is 16.1 Å². The molecule has 0 fully saturated rings. The lowest BCUT2D eigenvalue weighted by Crippen LogP contribution is -2.06. The number of carbonyl (C=O) groups is 1. The number of hydrogen-bond donors (Lipinski definition) is 1.